The first kappa shape index (κ1) is 41.0. The molecule has 2 aromatic carbocycles. The molecule has 0 unspecified atom stereocenters. The number of nitrogens with one attached hydrogen (secondary N) is 1. The van der Waals surface area contributed by atoms with E-state index in [1.54, 1.807) is 18.2 Å². The fourth-order valence-corrected chi connectivity index (χ4v) is 9.09. The Kier molecular flexibility index (Phi) is 12.9. The van der Waals surface area contributed by atoms with Crippen LogP contribution in [0.4, 0.5) is 9.59 Å². The van der Waals surface area contributed by atoms with E-state index in [0.29, 0.717) is 50.3 Å². The summed E-state index contributed by atoms with van der Waals surface area (Å²) in [6, 6.07) is 15.4. The van der Waals surface area contributed by atoms with Gasteiger partial charge in [-0.05, 0) is 129 Å². The van der Waals surface area contributed by atoms with Crippen LogP contribution in [0.15, 0.2) is 75.3 Å². The number of carbonyl (C=O) groups excluding carboxylic acids is 2. The van der Waals surface area contributed by atoms with Crippen LogP contribution in [0.25, 0.3) is 11.1 Å². The molecular weight excluding hydrogens is 796 g/mol. The van der Waals surface area contributed by atoms with Gasteiger partial charge in [0.05, 0.1) is 42.4 Å². The number of pyridine rings is 2. The van der Waals surface area contributed by atoms with Crippen LogP contribution in [0.1, 0.15) is 95.4 Å². The molecular formula is C47H53BrN4O6. The lowest BCUT2D eigenvalue weighted by molar-refractivity contribution is 0.103. The summed E-state index contributed by atoms with van der Waals surface area (Å²) < 4.78 is 16.3. The van der Waals surface area contributed by atoms with E-state index in [1.165, 1.54) is 55.7 Å². The Bertz CT molecular complexity index is 2330. The van der Waals surface area contributed by atoms with Gasteiger partial charge in [0, 0.05) is 49.1 Å². The molecule has 0 atom stereocenters. The van der Waals surface area contributed by atoms with Crippen molar-refractivity contribution in [2.75, 3.05) is 46.5 Å². The van der Waals surface area contributed by atoms with Crippen LogP contribution in [0, 0.1) is 13.8 Å². The Morgan fingerprint density at radius 1 is 0.724 bits per heavy atom. The number of carbonyl (C=O) groups is 2. The van der Waals surface area contributed by atoms with Crippen molar-refractivity contribution in [2.24, 2.45) is 0 Å². The smallest absolute Gasteiger partial charge is 0.409 e. The van der Waals surface area contributed by atoms with Gasteiger partial charge in [-0.1, -0.05) is 58.7 Å². The van der Waals surface area contributed by atoms with E-state index < -0.39 is 0 Å². The molecule has 0 spiro atoms. The normalized spacial score (nSPS) is 16.1. The van der Waals surface area contributed by atoms with Gasteiger partial charge in [-0.2, -0.15) is 0 Å². The number of fused-ring (bicyclic) bond motifs is 4. The number of aromatic amines is 1. The minimum absolute atomic E-state index is 0.0605. The maximum Gasteiger partial charge on any atom is 0.409 e. The van der Waals surface area contributed by atoms with Crippen LogP contribution in [0.3, 0.4) is 0 Å². The summed E-state index contributed by atoms with van der Waals surface area (Å²) in [6.07, 6.45) is 9.83. The van der Waals surface area contributed by atoms with Gasteiger partial charge < -0.3 is 29.0 Å². The van der Waals surface area contributed by atoms with Crippen LogP contribution in [0.2, 0.25) is 0 Å². The molecule has 2 fully saturated rings. The summed E-state index contributed by atoms with van der Waals surface area (Å²) in [5.41, 5.74) is 16.8. The highest BCUT2D eigenvalue weighted by Crippen LogP contribution is 2.40. The second-order valence-electron chi connectivity index (χ2n) is 15.4. The molecule has 2 aliphatic carbocycles. The number of nitrogens with zero attached hydrogens (tertiary/aromatic N) is 3. The molecule has 2 saturated heterocycles. The molecule has 0 bridgehead atoms. The van der Waals surface area contributed by atoms with Crippen LogP contribution in [0.5, 0.6) is 5.75 Å². The number of amides is 2. The van der Waals surface area contributed by atoms with Crippen molar-refractivity contribution in [3.05, 3.63) is 137 Å². The SMILES string of the molecule is CCOC(=O)N1CCC(=C2c3ccc(C)cc3CCc3c2[nH]cc(Br)c3=O)CC1.CCOC(=O)N1CCC(=C2c3ccc(C)cc3CCc3cc(OC)cnc32)CC1. The van der Waals surface area contributed by atoms with Crippen LogP contribution in [-0.2, 0) is 35.2 Å². The number of methoxy groups -OCH3 is 1. The van der Waals surface area contributed by atoms with E-state index in [1.807, 2.05) is 24.9 Å². The molecule has 1 N–H and O–H groups in total. The highest BCUT2D eigenvalue weighted by Gasteiger charge is 2.29. The van der Waals surface area contributed by atoms with Gasteiger partial charge in [0.2, 0.25) is 0 Å². The average molecular weight is 850 g/mol. The Morgan fingerprint density at radius 2 is 1.24 bits per heavy atom. The van der Waals surface area contributed by atoms with Crippen molar-refractivity contribution >= 4 is 39.3 Å². The van der Waals surface area contributed by atoms with Gasteiger partial charge in [-0.3, -0.25) is 9.78 Å². The van der Waals surface area contributed by atoms with Crippen LogP contribution in [-0.4, -0.2) is 78.5 Å². The lowest BCUT2D eigenvalue weighted by atomic mass is 9.88. The average Bonchev–Trinajstić information content (AvgIpc) is 3.50. The summed E-state index contributed by atoms with van der Waals surface area (Å²) in [6.45, 7) is 11.4. The Labute approximate surface area is 349 Å². The zero-order chi connectivity index (χ0) is 40.9. The number of aromatic nitrogens is 2. The van der Waals surface area contributed by atoms with Gasteiger partial charge in [0.25, 0.3) is 0 Å². The molecule has 0 saturated carbocycles. The quantitative estimate of drug-likeness (QED) is 0.219. The molecule has 4 aliphatic rings. The van der Waals surface area contributed by atoms with Crippen molar-refractivity contribution < 1.29 is 23.8 Å². The van der Waals surface area contributed by atoms with Crippen LogP contribution < -0.4 is 10.2 Å². The first-order valence-electron chi connectivity index (χ1n) is 20.5. The molecule has 4 heterocycles. The second-order valence-corrected chi connectivity index (χ2v) is 16.2. The van der Waals surface area contributed by atoms with E-state index in [2.05, 4.69) is 77.2 Å². The number of rotatable bonds is 3. The summed E-state index contributed by atoms with van der Waals surface area (Å²) in [5, 5.41) is 0. The molecule has 8 rings (SSSR count). The Morgan fingerprint density at radius 3 is 1.79 bits per heavy atom. The first-order chi connectivity index (χ1) is 28.1. The zero-order valence-electron chi connectivity index (χ0n) is 34.3. The van der Waals surface area contributed by atoms with E-state index in [4.69, 9.17) is 19.2 Å². The number of piperidine rings is 2. The zero-order valence-corrected chi connectivity index (χ0v) is 35.9. The molecule has 11 heteroatoms. The number of ether oxygens (including phenoxy) is 3. The van der Waals surface area contributed by atoms with E-state index in [9.17, 15) is 14.4 Å². The predicted octanol–water partition coefficient (Wildman–Crippen LogP) is 9.15. The third-order valence-electron chi connectivity index (χ3n) is 11.7. The fraction of sp³-hybridized carbons (Fsp3) is 0.404. The lowest BCUT2D eigenvalue weighted by Gasteiger charge is -2.29. The van der Waals surface area contributed by atoms with E-state index in [0.717, 1.165) is 73.2 Å². The summed E-state index contributed by atoms with van der Waals surface area (Å²) in [7, 11) is 1.68. The highest BCUT2D eigenvalue weighted by atomic mass is 79.9. The number of halogens is 1. The van der Waals surface area contributed by atoms with Crippen molar-refractivity contribution in [3.8, 4) is 5.75 Å². The standard InChI is InChI=1S/C24H28N2O3.C23H25BrN2O3/c1-4-29-24(27)26-11-9-17(10-12-26)22-21-8-5-16(2)13-18(21)6-7-19-14-20(28-3)15-25-23(19)22;1-3-29-23(28)26-10-8-15(9-11-26)20-17-6-4-14(2)12-16(17)5-7-18-21(20)25-13-19(24)22(18)27/h5,8,13-15H,4,6-7,9-12H2,1-3H3;4,6,12-13H,3,5,7-11H2,1-2H3,(H,25,27). The van der Waals surface area contributed by atoms with Crippen molar-refractivity contribution in [2.45, 2.75) is 79.1 Å². The van der Waals surface area contributed by atoms with E-state index in [-0.39, 0.29) is 17.6 Å². The molecule has 304 valence electrons. The lowest BCUT2D eigenvalue weighted by Crippen LogP contribution is -2.37. The fourth-order valence-electron chi connectivity index (χ4n) is 8.73. The maximum absolute atomic E-state index is 12.9. The third kappa shape index (κ3) is 8.65. The number of aryl methyl sites for hydroxylation is 5. The van der Waals surface area contributed by atoms with Crippen molar-refractivity contribution in [1.82, 2.24) is 19.8 Å². The van der Waals surface area contributed by atoms with Gasteiger partial charge in [0.15, 0.2) is 5.43 Å². The highest BCUT2D eigenvalue weighted by molar-refractivity contribution is 9.10. The molecule has 58 heavy (non-hydrogen) atoms. The van der Waals surface area contributed by atoms with Crippen LogP contribution >= 0.6 is 15.9 Å². The minimum Gasteiger partial charge on any atom is -0.495 e. The second kappa shape index (κ2) is 18.2. The summed E-state index contributed by atoms with van der Waals surface area (Å²) in [4.78, 5) is 48.8. The van der Waals surface area contributed by atoms with Gasteiger partial charge in [0.1, 0.15) is 5.75 Å². The topological polar surface area (TPSA) is 114 Å². The molecule has 2 aliphatic heterocycles. The van der Waals surface area contributed by atoms with Crippen molar-refractivity contribution in [3.63, 3.8) is 0 Å². The maximum atomic E-state index is 12.9. The molecule has 4 aromatic rings. The third-order valence-corrected chi connectivity index (χ3v) is 12.3. The van der Waals surface area contributed by atoms with E-state index >= 15 is 0 Å². The van der Waals surface area contributed by atoms with Gasteiger partial charge in [-0.25, -0.2) is 9.59 Å². The molecule has 0 radical (unpaired) electrons. The largest absolute Gasteiger partial charge is 0.495 e. The first-order valence-corrected chi connectivity index (χ1v) is 21.3. The minimum atomic E-state index is -0.244. The number of H-pyrrole nitrogens is 1. The molecule has 10 nitrogen and oxygen atoms in total. The van der Waals surface area contributed by atoms with Gasteiger partial charge >= 0.3 is 12.2 Å². The monoisotopic (exact) mass is 848 g/mol. The molecule has 2 amide bonds. The van der Waals surface area contributed by atoms with Crippen molar-refractivity contribution in [1.29, 1.82) is 0 Å². The predicted molar refractivity (Wildman–Crippen MR) is 230 cm³/mol. The number of benzene rings is 2. The molecule has 2 aromatic heterocycles. The number of hydrogen-bond acceptors (Lipinski definition) is 7. The number of likely N-dealkylation sites (tertiary alicyclic amines) is 2. The Balaban J connectivity index is 0.000000177. The van der Waals surface area contributed by atoms with Gasteiger partial charge in [-0.15, -0.1) is 0 Å². The summed E-state index contributed by atoms with van der Waals surface area (Å²) in [5.74, 6) is 0.798. The summed E-state index contributed by atoms with van der Waals surface area (Å²) >= 11 is 3.38. The Hall–Kier alpha value is -5.16. The number of hydrogen-bond donors (Lipinski definition) is 1.